The minimum atomic E-state index is -0.369. The highest BCUT2D eigenvalue weighted by Crippen LogP contribution is 2.25. The molecular weight excluding hydrogens is 250 g/mol. The second kappa shape index (κ2) is 6.04. The molecule has 1 aliphatic carbocycles. The van der Waals surface area contributed by atoms with E-state index in [4.69, 9.17) is 4.74 Å². The van der Waals surface area contributed by atoms with Gasteiger partial charge in [0.1, 0.15) is 11.4 Å². The van der Waals surface area contributed by atoms with E-state index in [1.807, 2.05) is 6.26 Å². The lowest BCUT2D eigenvalue weighted by molar-refractivity contribution is 0.0526. The van der Waals surface area contributed by atoms with Crippen LogP contribution < -0.4 is 5.32 Å². The summed E-state index contributed by atoms with van der Waals surface area (Å²) in [5.41, 5.74) is 0.418. The fraction of sp³-hybridized carbons (Fsp3) is 0.583. The second-order valence-corrected chi connectivity index (χ2v) is 4.89. The summed E-state index contributed by atoms with van der Waals surface area (Å²) in [7, 11) is 0. The zero-order valence-electron chi connectivity index (χ0n) is 10.6. The van der Waals surface area contributed by atoms with E-state index in [-0.39, 0.29) is 5.97 Å². The first-order valence-electron chi connectivity index (χ1n) is 6.09. The van der Waals surface area contributed by atoms with Crippen LogP contribution in [0.15, 0.2) is 11.4 Å². The first-order valence-corrected chi connectivity index (χ1v) is 7.31. The third-order valence-electron chi connectivity index (χ3n) is 2.89. The minimum absolute atomic E-state index is 0.353. The Morgan fingerprint density at radius 2 is 2.39 bits per heavy atom. The monoisotopic (exact) mass is 267 g/mol. The lowest BCUT2D eigenvalue weighted by atomic mass is 9.93. The Balaban J connectivity index is 2.22. The summed E-state index contributed by atoms with van der Waals surface area (Å²) in [6.07, 6.45) is 6.93. The quantitative estimate of drug-likeness (QED) is 0.502. The number of aromatic nitrogens is 2. The highest BCUT2D eigenvalue weighted by atomic mass is 32.2. The first-order chi connectivity index (χ1) is 8.74. The number of nitrogens with one attached hydrogen (secondary N) is 1. The molecule has 1 aromatic heterocycles. The van der Waals surface area contributed by atoms with Gasteiger partial charge >= 0.3 is 5.97 Å². The van der Waals surface area contributed by atoms with Crippen molar-refractivity contribution < 1.29 is 9.53 Å². The number of hydrogen-bond acceptors (Lipinski definition) is 6. The summed E-state index contributed by atoms with van der Waals surface area (Å²) >= 11 is 1.46. The third kappa shape index (κ3) is 2.93. The number of hydrogen-bond donors (Lipinski definition) is 1. The van der Waals surface area contributed by atoms with Crippen molar-refractivity contribution in [3.05, 3.63) is 11.8 Å². The smallest absolute Gasteiger partial charge is 0.343 e. The maximum absolute atomic E-state index is 11.8. The Hall–Kier alpha value is -1.30. The molecule has 18 heavy (non-hydrogen) atoms. The molecule has 0 aliphatic heterocycles. The van der Waals surface area contributed by atoms with Gasteiger partial charge in [-0.3, -0.25) is 0 Å². The van der Waals surface area contributed by atoms with Crippen molar-refractivity contribution in [3.63, 3.8) is 0 Å². The molecule has 0 amide bonds. The summed E-state index contributed by atoms with van der Waals surface area (Å²) < 4.78 is 5.01. The fourth-order valence-corrected chi connectivity index (χ4v) is 2.02. The van der Waals surface area contributed by atoms with Crippen LogP contribution in [0.3, 0.4) is 0 Å². The van der Waals surface area contributed by atoms with Crippen molar-refractivity contribution in [2.45, 2.75) is 37.4 Å². The molecule has 1 fully saturated rings. The Morgan fingerprint density at radius 1 is 1.61 bits per heavy atom. The number of carbonyl (C=O) groups is 1. The van der Waals surface area contributed by atoms with Crippen LogP contribution in [0.4, 0.5) is 5.82 Å². The predicted molar refractivity (Wildman–Crippen MR) is 71.0 cm³/mol. The molecule has 1 aromatic rings. The van der Waals surface area contributed by atoms with Crippen molar-refractivity contribution in [1.82, 2.24) is 9.97 Å². The van der Waals surface area contributed by atoms with Crippen LogP contribution in [0.5, 0.6) is 0 Å². The molecule has 0 spiro atoms. The Labute approximate surface area is 111 Å². The van der Waals surface area contributed by atoms with Crippen LogP contribution in [0.25, 0.3) is 0 Å². The molecule has 1 heterocycles. The first kappa shape index (κ1) is 13.1. The molecule has 1 aliphatic rings. The summed E-state index contributed by atoms with van der Waals surface area (Å²) in [6.45, 7) is 2.14. The molecule has 5 nitrogen and oxygen atoms in total. The van der Waals surface area contributed by atoms with Gasteiger partial charge in [0, 0.05) is 12.2 Å². The summed E-state index contributed by atoms with van der Waals surface area (Å²) in [5, 5.41) is 3.95. The number of carbonyl (C=O) groups excluding carboxylic acids is 1. The zero-order chi connectivity index (χ0) is 13.0. The Kier molecular flexibility index (Phi) is 4.41. The van der Waals surface area contributed by atoms with Crippen LogP contribution in [0.2, 0.25) is 0 Å². The lowest BCUT2D eigenvalue weighted by Gasteiger charge is -2.27. The van der Waals surface area contributed by atoms with Crippen LogP contribution in [0, 0.1) is 0 Å². The largest absolute Gasteiger partial charge is 0.462 e. The highest BCUT2D eigenvalue weighted by Gasteiger charge is 2.22. The number of anilines is 1. The SMILES string of the molecule is CCOC(=O)c1cnc(SC)nc1NC1CCC1. The molecule has 0 aromatic carbocycles. The molecule has 0 bridgehead atoms. The molecule has 0 radical (unpaired) electrons. The summed E-state index contributed by atoms with van der Waals surface area (Å²) in [5.74, 6) is 0.226. The third-order valence-corrected chi connectivity index (χ3v) is 3.45. The van der Waals surface area contributed by atoms with E-state index in [1.165, 1.54) is 24.4 Å². The lowest BCUT2D eigenvalue weighted by Crippen LogP contribution is -2.29. The van der Waals surface area contributed by atoms with Crippen molar-refractivity contribution in [1.29, 1.82) is 0 Å². The summed E-state index contributed by atoms with van der Waals surface area (Å²) in [4.78, 5) is 20.3. The van der Waals surface area contributed by atoms with Gasteiger partial charge in [0.2, 0.25) is 0 Å². The van der Waals surface area contributed by atoms with E-state index in [1.54, 1.807) is 6.92 Å². The van der Waals surface area contributed by atoms with Crippen molar-refractivity contribution in [2.75, 3.05) is 18.2 Å². The molecule has 1 N–H and O–H groups in total. The van der Waals surface area contributed by atoms with E-state index < -0.39 is 0 Å². The molecule has 0 unspecified atom stereocenters. The van der Waals surface area contributed by atoms with Gasteiger partial charge in [-0.2, -0.15) is 0 Å². The molecular formula is C12H17N3O2S. The minimum Gasteiger partial charge on any atom is -0.462 e. The van der Waals surface area contributed by atoms with Gasteiger partial charge < -0.3 is 10.1 Å². The second-order valence-electron chi connectivity index (χ2n) is 4.11. The maximum Gasteiger partial charge on any atom is 0.343 e. The number of thioether (sulfide) groups is 1. The average molecular weight is 267 g/mol. The molecule has 98 valence electrons. The van der Waals surface area contributed by atoms with Crippen LogP contribution in [-0.2, 0) is 4.74 Å². The van der Waals surface area contributed by atoms with Crippen LogP contribution in [0.1, 0.15) is 36.5 Å². The van der Waals surface area contributed by atoms with Crippen molar-refractivity contribution >= 4 is 23.5 Å². The number of rotatable bonds is 5. The van der Waals surface area contributed by atoms with E-state index in [0.29, 0.717) is 29.2 Å². The Morgan fingerprint density at radius 3 is 2.94 bits per heavy atom. The normalized spacial score (nSPS) is 15.0. The molecule has 1 saturated carbocycles. The number of ether oxygens (including phenoxy) is 1. The zero-order valence-corrected chi connectivity index (χ0v) is 11.4. The topological polar surface area (TPSA) is 64.1 Å². The van der Waals surface area contributed by atoms with E-state index >= 15 is 0 Å². The van der Waals surface area contributed by atoms with E-state index in [9.17, 15) is 4.79 Å². The van der Waals surface area contributed by atoms with Crippen LogP contribution >= 0.6 is 11.8 Å². The van der Waals surface area contributed by atoms with Gasteiger partial charge in [-0.15, -0.1) is 0 Å². The standard InChI is InChI=1S/C12H17N3O2S/c1-3-17-11(16)9-7-13-12(18-2)15-10(9)14-8-5-4-6-8/h7-8H,3-6H2,1-2H3,(H,13,14,15). The Bertz CT molecular complexity index is 435. The molecule has 0 saturated heterocycles. The average Bonchev–Trinajstić information content (AvgIpc) is 2.33. The summed E-state index contributed by atoms with van der Waals surface area (Å²) in [6, 6.07) is 0.419. The fourth-order valence-electron chi connectivity index (χ4n) is 1.68. The predicted octanol–water partition coefficient (Wildman–Crippen LogP) is 2.34. The van der Waals surface area contributed by atoms with Gasteiger partial charge in [-0.05, 0) is 32.4 Å². The van der Waals surface area contributed by atoms with Gasteiger partial charge in [0.15, 0.2) is 5.16 Å². The van der Waals surface area contributed by atoms with Gasteiger partial charge in [0.05, 0.1) is 6.61 Å². The van der Waals surface area contributed by atoms with Gasteiger partial charge in [-0.1, -0.05) is 11.8 Å². The maximum atomic E-state index is 11.8. The highest BCUT2D eigenvalue weighted by molar-refractivity contribution is 7.98. The van der Waals surface area contributed by atoms with Gasteiger partial charge in [0.25, 0.3) is 0 Å². The van der Waals surface area contributed by atoms with Crippen molar-refractivity contribution in [3.8, 4) is 0 Å². The number of esters is 1. The van der Waals surface area contributed by atoms with Gasteiger partial charge in [-0.25, -0.2) is 14.8 Å². The number of nitrogens with zero attached hydrogens (tertiary/aromatic N) is 2. The molecule has 6 heteroatoms. The van der Waals surface area contributed by atoms with Crippen LogP contribution in [-0.4, -0.2) is 34.8 Å². The molecule has 2 rings (SSSR count). The van der Waals surface area contributed by atoms with Crippen molar-refractivity contribution in [2.24, 2.45) is 0 Å². The van der Waals surface area contributed by atoms with E-state index in [0.717, 1.165) is 12.8 Å². The van der Waals surface area contributed by atoms with E-state index in [2.05, 4.69) is 15.3 Å². The molecule has 0 atom stereocenters.